The zero-order valence-electron chi connectivity index (χ0n) is 20.3. The van der Waals surface area contributed by atoms with E-state index in [9.17, 15) is 14.3 Å². The normalized spacial score (nSPS) is 27.5. The van der Waals surface area contributed by atoms with Gasteiger partial charge in [0.1, 0.15) is 17.6 Å². The molecule has 2 fully saturated rings. The number of rotatable bonds is 9. The van der Waals surface area contributed by atoms with E-state index in [4.69, 9.17) is 4.74 Å². The summed E-state index contributed by atoms with van der Waals surface area (Å²) >= 11 is 0. The third kappa shape index (κ3) is 4.91. The number of aromatic nitrogens is 1. The summed E-state index contributed by atoms with van der Waals surface area (Å²) in [7, 11) is 3.67. The summed E-state index contributed by atoms with van der Waals surface area (Å²) in [5, 5.41) is 19.9. The number of hydrogen-bond acceptors (Lipinski definition) is 6. The molecule has 1 amide bonds. The zero-order chi connectivity index (χ0) is 24.5. The number of carbonyl (C=O) groups excluding carboxylic acids is 1. The first-order chi connectivity index (χ1) is 16.9. The number of halogens is 1. The van der Waals surface area contributed by atoms with Crippen molar-refractivity contribution < 1.29 is 19.0 Å². The average Bonchev–Trinajstić information content (AvgIpc) is 3.46. The van der Waals surface area contributed by atoms with Crippen LogP contribution in [0.15, 0.2) is 47.7 Å². The van der Waals surface area contributed by atoms with Gasteiger partial charge in [0.2, 0.25) is 0 Å². The molecule has 0 aliphatic carbocycles. The molecule has 3 aliphatic heterocycles. The van der Waals surface area contributed by atoms with E-state index in [2.05, 4.69) is 15.3 Å². The van der Waals surface area contributed by atoms with E-state index < -0.39 is 12.1 Å². The molecule has 8 nitrogen and oxygen atoms in total. The van der Waals surface area contributed by atoms with Gasteiger partial charge < -0.3 is 19.7 Å². The van der Waals surface area contributed by atoms with Crippen molar-refractivity contribution in [1.82, 2.24) is 19.8 Å². The molecule has 3 aliphatic rings. The molecule has 2 aromatic rings. The molecule has 0 spiro atoms. The summed E-state index contributed by atoms with van der Waals surface area (Å²) < 4.78 is 21.9. The van der Waals surface area contributed by atoms with Gasteiger partial charge in [-0.3, -0.25) is 9.69 Å². The van der Waals surface area contributed by atoms with E-state index in [0.29, 0.717) is 29.9 Å². The Balaban J connectivity index is 1.17. The minimum atomic E-state index is -0.702. The topological polar surface area (TPSA) is 82.3 Å². The smallest absolute Gasteiger partial charge is 0.266 e. The van der Waals surface area contributed by atoms with Crippen molar-refractivity contribution in [2.24, 2.45) is 12.1 Å². The van der Waals surface area contributed by atoms with Gasteiger partial charge in [0.15, 0.2) is 0 Å². The summed E-state index contributed by atoms with van der Waals surface area (Å²) in [6, 6.07) is 10.7. The number of nitrogens with zero attached hydrogens (tertiary/aromatic N) is 4. The fourth-order valence-corrected chi connectivity index (χ4v) is 5.80. The summed E-state index contributed by atoms with van der Waals surface area (Å²) in [6.45, 7) is 0.942. The Bertz CT molecular complexity index is 1070. The van der Waals surface area contributed by atoms with E-state index in [1.54, 1.807) is 19.2 Å². The molecular weight excluding hydrogens is 449 g/mol. The van der Waals surface area contributed by atoms with Gasteiger partial charge in [0, 0.05) is 37.4 Å². The van der Waals surface area contributed by atoms with E-state index in [-0.39, 0.29) is 31.0 Å². The van der Waals surface area contributed by atoms with E-state index in [1.807, 2.05) is 36.0 Å². The molecule has 2 bridgehead atoms. The van der Waals surface area contributed by atoms with Crippen LogP contribution in [0.2, 0.25) is 0 Å². The fraction of sp³-hybridized carbons (Fsp3) is 0.538. The van der Waals surface area contributed by atoms with Crippen LogP contribution < -0.4 is 5.32 Å². The Morgan fingerprint density at radius 3 is 2.57 bits per heavy atom. The van der Waals surface area contributed by atoms with E-state index >= 15 is 0 Å². The van der Waals surface area contributed by atoms with Gasteiger partial charge in [0.05, 0.1) is 31.1 Å². The summed E-state index contributed by atoms with van der Waals surface area (Å²) in [5.74, 6) is -0.378. The van der Waals surface area contributed by atoms with Gasteiger partial charge in [-0.2, -0.15) is 5.10 Å². The van der Waals surface area contributed by atoms with Gasteiger partial charge in [-0.05, 0) is 50.9 Å². The average molecular weight is 484 g/mol. The van der Waals surface area contributed by atoms with Crippen molar-refractivity contribution in [2.75, 3.05) is 20.1 Å². The van der Waals surface area contributed by atoms with Gasteiger partial charge in [-0.1, -0.05) is 18.2 Å². The number of fused-ring (bicyclic) bond motifs is 2. The molecule has 4 unspecified atom stereocenters. The number of carbonyl (C=O) groups is 1. The number of amides is 1. The predicted molar refractivity (Wildman–Crippen MR) is 130 cm³/mol. The van der Waals surface area contributed by atoms with Gasteiger partial charge >= 0.3 is 0 Å². The molecule has 1 aromatic carbocycles. The van der Waals surface area contributed by atoms with Crippen molar-refractivity contribution in [3.63, 3.8) is 0 Å². The van der Waals surface area contributed by atoms with Crippen molar-refractivity contribution in [3.8, 4) is 0 Å². The zero-order valence-corrected chi connectivity index (χ0v) is 20.3. The van der Waals surface area contributed by atoms with Crippen LogP contribution in [0, 0.1) is 5.82 Å². The molecular formula is C26H34FN5O3. The Kier molecular flexibility index (Phi) is 7.02. The molecule has 0 saturated carbocycles. The van der Waals surface area contributed by atoms with Crippen molar-refractivity contribution in [2.45, 2.75) is 62.6 Å². The van der Waals surface area contributed by atoms with Crippen molar-refractivity contribution in [3.05, 3.63) is 59.7 Å². The largest absolute Gasteiger partial charge is 0.390 e. The summed E-state index contributed by atoms with van der Waals surface area (Å²) in [5.41, 5.74) is 2.14. The standard InChI is InChI=1S/C26H34FN5O3/c1-28-25-24(23-8-5-11-30(23)2)29-32(26(25)34)15-20(33)14-31-18-9-10-19(31)13-21(12-18)35-16-17-6-3-4-7-22(17)27/h3-8,11,18-21,25,28,33H,9-10,12-16H2,1-2H3. The Morgan fingerprint density at radius 2 is 1.91 bits per heavy atom. The van der Waals surface area contributed by atoms with E-state index in [1.165, 1.54) is 11.1 Å². The molecule has 2 saturated heterocycles. The highest BCUT2D eigenvalue weighted by Gasteiger charge is 2.43. The number of ether oxygens (including phenoxy) is 1. The number of aryl methyl sites for hydroxylation is 1. The molecule has 4 atom stereocenters. The monoisotopic (exact) mass is 483 g/mol. The highest BCUT2D eigenvalue weighted by molar-refractivity contribution is 6.18. The number of benzene rings is 1. The molecule has 35 heavy (non-hydrogen) atoms. The van der Waals surface area contributed by atoms with Crippen LogP contribution in [0.1, 0.15) is 36.9 Å². The SMILES string of the molecule is CNC1C(=O)N(CC(O)CN2C3CCC2CC(OCc2ccccc2F)C3)N=C1c1cccn1C. The van der Waals surface area contributed by atoms with Gasteiger partial charge in [0.25, 0.3) is 5.91 Å². The molecule has 1 aromatic heterocycles. The lowest BCUT2D eigenvalue weighted by atomic mass is 9.99. The maximum absolute atomic E-state index is 13.9. The van der Waals surface area contributed by atoms with Crippen LogP contribution in [0.3, 0.4) is 0 Å². The first kappa shape index (κ1) is 24.1. The first-order valence-electron chi connectivity index (χ1n) is 12.4. The van der Waals surface area contributed by atoms with Crippen molar-refractivity contribution >= 4 is 11.6 Å². The van der Waals surface area contributed by atoms with Crippen LogP contribution in [-0.4, -0.2) is 81.7 Å². The Labute approximate surface area is 205 Å². The first-order valence-corrected chi connectivity index (χ1v) is 12.4. The molecule has 9 heteroatoms. The van der Waals surface area contributed by atoms with Gasteiger partial charge in [-0.25, -0.2) is 9.40 Å². The number of nitrogens with one attached hydrogen (secondary N) is 1. The summed E-state index contributed by atoms with van der Waals surface area (Å²) in [4.78, 5) is 15.3. The van der Waals surface area contributed by atoms with Crippen LogP contribution in [0.5, 0.6) is 0 Å². The molecule has 4 heterocycles. The predicted octanol–water partition coefficient (Wildman–Crippen LogP) is 1.87. The number of aliphatic hydroxyl groups is 1. The molecule has 5 rings (SSSR count). The third-order valence-corrected chi connectivity index (χ3v) is 7.58. The van der Waals surface area contributed by atoms with E-state index in [0.717, 1.165) is 31.4 Å². The lowest BCUT2D eigenvalue weighted by molar-refractivity contribution is -0.131. The van der Waals surface area contributed by atoms with Crippen LogP contribution in [-0.2, 0) is 23.2 Å². The number of likely N-dealkylation sites (N-methyl/N-ethyl adjacent to an activating group) is 1. The fourth-order valence-electron chi connectivity index (χ4n) is 5.80. The minimum Gasteiger partial charge on any atom is -0.390 e. The summed E-state index contributed by atoms with van der Waals surface area (Å²) in [6.07, 6.45) is 5.19. The number of hydrogen-bond donors (Lipinski definition) is 2. The highest BCUT2D eigenvalue weighted by atomic mass is 19.1. The van der Waals surface area contributed by atoms with Crippen LogP contribution >= 0.6 is 0 Å². The Hall–Kier alpha value is -2.59. The third-order valence-electron chi connectivity index (χ3n) is 7.58. The van der Waals surface area contributed by atoms with Crippen molar-refractivity contribution in [1.29, 1.82) is 0 Å². The molecule has 188 valence electrons. The number of piperidine rings is 1. The number of β-amino-alcohol motifs (C(OH)–C–C–N with tert-alkyl or cyclic N) is 1. The number of aliphatic hydroxyl groups excluding tert-OH is 1. The second kappa shape index (κ2) is 10.2. The molecule has 2 N–H and O–H groups in total. The molecule has 0 radical (unpaired) electrons. The van der Waals surface area contributed by atoms with Crippen LogP contribution in [0.25, 0.3) is 0 Å². The van der Waals surface area contributed by atoms with Gasteiger partial charge in [-0.15, -0.1) is 0 Å². The number of hydrazone groups is 1. The Morgan fingerprint density at radius 1 is 1.17 bits per heavy atom. The lowest BCUT2D eigenvalue weighted by Crippen LogP contribution is -2.50. The quantitative estimate of drug-likeness (QED) is 0.569. The maximum atomic E-state index is 13.9. The highest BCUT2D eigenvalue weighted by Crippen LogP contribution is 2.37. The van der Waals surface area contributed by atoms with Crippen LogP contribution in [0.4, 0.5) is 4.39 Å². The lowest BCUT2D eigenvalue weighted by Gasteiger charge is -2.40. The second-order valence-corrected chi connectivity index (χ2v) is 9.86. The second-order valence-electron chi connectivity index (χ2n) is 9.86. The maximum Gasteiger partial charge on any atom is 0.266 e. The minimum absolute atomic E-state index is 0.0921.